The van der Waals surface area contributed by atoms with Crippen molar-refractivity contribution in [3.63, 3.8) is 0 Å². The lowest BCUT2D eigenvalue weighted by Crippen LogP contribution is -2.05. The molecule has 106 valence electrons. The van der Waals surface area contributed by atoms with Gasteiger partial charge in [0.15, 0.2) is 0 Å². The standard InChI is InChI=1S/C15H12N4O.ClH/c20-15-6-5-14(18-19-15)11-1-3-12(4-2-11)17-13-7-9-16-10-8-13;/h1-10H,(H,16,17)(H,19,20);1H. The molecule has 5 nitrogen and oxygen atoms in total. The SMILES string of the molecule is Cl.O=c1ccc(-c2ccc(Nc3ccncc3)cc2)n[nH]1. The van der Waals surface area contributed by atoms with Crippen LogP contribution in [0.4, 0.5) is 11.4 Å². The first-order valence-corrected chi connectivity index (χ1v) is 6.14. The second kappa shape index (κ2) is 6.67. The zero-order chi connectivity index (χ0) is 13.8. The van der Waals surface area contributed by atoms with Crippen molar-refractivity contribution >= 4 is 23.8 Å². The smallest absolute Gasteiger partial charge is 0.264 e. The Kier molecular flexibility index (Phi) is 4.68. The minimum Gasteiger partial charge on any atom is -0.355 e. The van der Waals surface area contributed by atoms with Crippen molar-refractivity contribution in [2.45, 2.75) is 0 Å². The Hall–Kier alpha value is -2.66. The zero-order valence-corrected chi connectivity index (χ0v) is 11.8. The first-order chi connectivity index (χ1) is 9.81. The zero-order valence-electron chi connectivity index (χ0n) is 11.0. The van der Waals surface area contributed by atoms with Crippen LogP contribution in [-0.4, -0.2) is 15.2 Å². The minimum atomic E-state index is -0.204. The fourth-order valence-electron chi connectivity index (χ4n) is 1.83. The van der Waals surface area contributed by atoms with E-state index in [1.165, 1.54) is 6.07 Å². The number of halogens is 1. The van der Waals surface area contributed by atoms with Crippen LogP contribution in [0.5, 0.6) is 0 Å². The van der Waals surface area contributed by atoms with Crippen LogP contribution in [0.25, 0.3) is 11.3 Å². The van der Waals surface area contributed by atoms with E-state index in [2.05, 4.69) is 20.5 Å². The third-order valence-corrected chi connectivity index (χ3v) is 2.83. The first kappa shape index (κ1) is 14.7. The van der Waals surface area contributed by atoms with Crippen molar-refractivity contribution in [1.82, 2.24) is 15.2 Å². The van der Waals surface area contributed by atoms with Crippen LogP contribution in [0.1, 0.15) is 0 Å². The van der Waals surface area contributed by atoms with Crippen LogP contribution in [0.3, 0.4) is 0 Å². The Morgan fingerprint density at radius 1 is 0.857 bits per heavy atom. The highest BCUT2D eigenvalue weighted by Crippen LogP contribution is 2.20. The molecule has 0 fully saturated rings. The molecule has 3 rings (SSSR count). The molecular weight excluding hydrogens is 288 g/mol. The van der Waals surface area contributed by atoms with Crippen LogP contribution in [0.15, 0.2) is 65.7 Å². The Labute approximate surface area is 127 Å². The van der Waals surface area contributed by atoms with Gasteiger partial charge in [0.25, 0.3) is 5.56 Å². The molecule has 0 saturated carbocycles. The van der Waals surface area contributed by atoms with E-state index in [9.17, 15) is 4.79 Å². The number of aromatic nitrogens is 3. The molecule has 2 N–H and O–H groups in total. The molecule has 0 amide bonds. The topological polar surface area (TPSA) is 70.7 Å². The molecule has 6 heteroatoms. The third-order valence-electron chi connectivity index (χ3n) is 2.83. The van der Waals surface area contributed by atoms with Gasteiger partial charge in [0.05, 0.1) is 5.69 Å². The van der Waals surface area contributed by atoms with Crippen molar-refractivity contribution in [2.75, 3.05) is 5.32 Å². The van der Waals surface area contributed by atoms with Gasteiger partial charge in [-0.15, -0.1) is 12.4 Å². The molecule has 0 bridgehead atoms. The summed E-state index contributed by atoms with van der Waals surface area (Å²) in [6, 6.07) is 14.8. The number of nitrogens with one attached hydrogen (secondary N) is 2. The molecule has 0 aliphatic rings. The monoisotopic (exact) mass is 300 g/mol. The van der Waals surface area contributed by atoms with Crippen molar-refractivity contribution in [2.24, 2.45) is 0 Å². The van der Waals surface area contributed by atoms with Gasteiger partial charge in [-0.1, -0.05) is 12.1 Å². The average molecular weight is 301 g/mol. The lowest BCUT2D eigenvalue weighted by Gasteiger charge is -2.06. The van der Waals surface area contributed by atoms with Crippen molar-refractivity contribution < 1.29 is 0 Å². The van der Waals surface area contributed by atoms with E-state index < -0.39 is 0 Å². The predicted molar refractivity (Wildman–Crippen MR) is 85.1 cm³/mol. The van der Waals surface area contributed by atoms with Gasteiger partial charge < -0.3 is 5.32 Å². The van der Waals surface area contributed by atoms with Gasteiger partial charge >= 0.3 is 0 Å². The molecular formula is C15H13ClN4O. The highest BCUT2D eigenvalue weighted by Gasteiger charge is 2.00. The molecule has 2 heterocycles. The van der Waals surface area contributed by atoms with Crippen molar-refractivity contribution in [3.05, 3.63) is 71.3 Å². The van der Waals surface area contributed by atoms with E-state index in [0.29, 0.717) is 0 Å². The van der Waals surface area contributed by atoms with Crippen molar-refractivity contribution in [3.8, 4) is 11.3 Å². The lowest BCUT2D eigenvalue weighted by atomic mass is 10.1. The number of pyridine rings is 1. The molecule has 2 aromatic heterocycles. The van der Waals surface area contributed by atoms with E-state index in [1.807, 2.05) is 36.4 Å². The second-order valence-electron chi connectivity index (χ2n) is 4.24. The first-order valence-electron chi connectivity index (χ1n) is 6.14. The Morgan fingerprint density at radius 3 is 2.14 bits per heavy atom. The maximum atomic E-state index is 11.0. The Morgan fingerprint density at radius 2 is 1.52 bits per heavy atom. The van der Waals surface area contributed by atoms with Gasteiger partial charge in [0, 0.05) is 35.4 Å². The maximum Gasteiger partial charge on any atom is 0.264 e. The quantitative estimate of drug-likeness (QED) is 0.780. The molecule has 21 heavy (non-hydrogen) atoms. The number of hydrogen-bond acceptors (Lipinski definition) is 4. The van der Waals surface area contributed by atoms with Crippen LogP contribution in [0, 0.1) is 0 Å². The van der Waals surface area contributed by atoms with Crippen LogP contribution < -0.4 is 10.9 Å². The van der Waals surface area contributed by atoms with E-state index >= 15 is 0 Å². The summed E-state index contributed by atoms with van der Waals surface area (Å²) in [4.78, 5) is 14.9. The Bertz CT molecular complexity index is 736. The predicted octanol–water partition coefficient (Wildman–Crippen LogP) is 3.00. The van der Waals surface area contributed by atoms with Gasteiger partial charge in [-0.3, -0.25) is 9.78 Å². The number of H-pyrrole nitrogens is 1. The van der Waals surface area contributed by atoms with Crippen LogP contribution in [0.2, 0.25) is 0 Å². The summed E-state index contributed by atoms with van der Waals surface area (Å²) in [6.45, 7) is 0. The summed E-state index contributed by atoms with van der Waals surface area (Å²) >= 11 is 0. The van der Waals surface area contributed by atoms with Gasteiger partial charge in [0.2, 0.25) is 0 Å². The number of anilines is 2. The molecule has 0 radical (unpaired) electrons. The number of benzene rings is 1. The molecule has 0 unspecified atom stereocenters. The highest BCUT2D eigenvalue weighted by molar-refractivity contribution is 5.85. The van der Waals surface area contributed by atoms with E-state index in [0.717, 1.165) is 22.6 Å². The summed E-state index contributed by atoms with van der Waals surface area (Å²) in [5.41, 5.74) is 3.44. The summed E-state index contributed by atoms with van der Waals surface area (Å²) in [6.07, 6.45) is 3.47. The molecule has 0 saturated heterocycles. The van der Waals surface area contributed by atoms with E-state index in [-0.39, 0.29) is 18.0 Å². The maximum absolute atomic E-state index is 11.0. The average Bonchev–Trinajstić information content (AvgIpc) is 2.50. The largest absolute Gasteiger partial charge is 0.355 e. The molecule has 1 aromatic carbocycles. The fraction of sp³-hybridized carbons (Fsp3) is 0. The summed E-state index contributed by atoms with van der Waals surface area (Å²) in [5, 5.41) is 9.69. The molecule has 0 aliphatic carbocycles. The lowest BCUT2D eigenvalue weighted by molar-refractivity contribution is 0.995. The molecule has 0 atom stereocenters. The summed E-state index contributed by atoms with van der Waals surface area (Å²) in [7, 11) is 0. The molecule has 0 aliphatic heterocycles. The molecule has 3 aromatic rings. The van der Waals surface area contributed by atoms with Gasteiger partial charge in [-0.05, 0) is 30.3 Å². The third kappa shape index (κ3) is 3.67. The van der Waals surface area contributed by atoms with Crippen LogP contribution in [-0.2, 0) is 0 Å². The summed E-state index contributed by atoms with van der Waals surface area (Å²) < 4.78 is 0. The molecule has 0 spiro atoms. The second-order valence-corrected chi connectivity index (χ2v) is 4.24. The number of nitrogens with zero attached hydrogens (tertiary/aromatic N) is 2. The van der Waals surface area contributed by atoms with Crippen LogP contribution >= 0.6 is 12.4 Å². The normalized spacial score (nSPS) is 9.71. The van der Waals surface area contributed by atoms with E-state index in [1.54, 1.807) is 18.5 Å². The number of rotatable bonds is 3. The van der Waals surface area contributed by atoms with Gasteiger partial charge in [-0.2, -0.15) is 5.10 Å². The number of aromatic amines is 1. The highest BCUT2D eigenvalue weighted by atomic mass is 35.5. The van der Waals surface area contributed by atoms with Gasteiger partial charge in [0.1, 0.15) is 0 Å². The van der Waals surface area contributed by atoms with Gasteiger partial charge in [-0.25, -0.2) is 5.10 Å². The minimum absolute atomic E-state index is 0. The van der Waals surface area contributed by atoms with E-state index in [4.69, 9.17) is 0 Å². The number of hydrogen-bond donors (Lipinski definition) is 2. The summed E-state index contributed by atoms with van der Waals surface area (Å²) in [5.74, 6) is 0. The van der Waals surface area contributed by atoms with Crippen molar-refractivity contribution in [1.29, 1.82) is 0 Å². The fourth-order valence-corrected chi connectivity index (χ4v) is 1.83. The Balaban J connectivity index is 0.00000161.